The lowest BCUT2D eigenvalue weighted by Crippen LogP contribution is -2.20. The summed E-state index contributed by atoms with van der Waals surface area (Å²) in [4.78, 5) is 0. The fourth-order valence-electron chi connectivity index (χ4n) is 1.91. The third-order valence-electron chi connectivity index (χ3n) is 2.94. The Morgan fingerprint density at radius 3 is 2.68 bits per heavy atom. The van der Waals surface area contributed by atoms with Crippen LogP contribution in [0.4, 0.5) is 0 Å². The van der Waals surface area contributed by atoms with Crippen LogP contribution in [-0.2, 0) is 19.9 Å². The van der Waals surface area contributed by atoms with Gasteiger partial charge in [-0.1, -0.05) is 29.3 Å². The molecule has 5 heteroatoms. The van der Waals surface area contributed by atoms with Crippen molar-refractivity contribution in [3.05, 3.63) is 51.8 Å². The van der Waals surface area contributed by atoms with Crippen molar-refractivity contribution in [3.8, 4) is 0 Å². The van der Waals surface area contributed by atoms with Gasteiger partial charge in [0, 0.05) is 23.3 Å². The summed E-state index contributed by atoms with van der Waals surface area (Å²) in [5.41, 5.74) is 2.37. The Balaban J connectivity index is 1.69. The highest BCUT2D eigenvalue weighted by Gasteiger charge is 2.01. The van der Waals surface area contributed by atoms with Crippen LogP contribution >= 0.6 is 23.2 Å². The summed E-state index contributed by atoms with van der Waals surface area (Å²) in [6, 6.07) is 5.64. The largest absolute Gasteiger partial charge is 0.316 e. The van der Waals surface area contributed by atoms with Crippen LogP contribution in [0.3, 0.4) is 0 Å². The van der Waals surface area contributed by atoms with E-state index >= 15 is 0 Å². The highest BCUT2D eigenvalue weighted by Crippen LogP contribution is 2.20. The van der Waals surface area contributed by atoms with E-state index in [0.29, 0.717) is 5.02 Å². The van der Waals surface area contributed by atoms with Crippen molar-refractivity contribution >= 4 is 23.2 Å². The van der Waals surface area contributed by atoms with E-state index in [1.807, 2.05) is 36.3 Å². The van der Waals surface area contributed by atoms with Gasteiger partial charge in [0.25, 0.3) is 0 Å². The van der Waals surface area contributed by atoms with Crippen LogP contribution < -0.4 is 5.32 Å². The second-order valence-corrected chi connectivity index (χ2v) is 5.35. The van der Waals surface area contributed by atoms with Gasteiger partial charge >= 0.3 is 0 Å². The van der Waals surface area contributed by atoms with E-state index < -0.39 is 0 Å². The summed E-state index contributed by atoms with van der Waals surface area (Å²) in [5.74, 6) is 0. The van der Waals surface area contributed by atoms with Gasteiger partial charge in [-0.05, 0) is 49.2 Å². The predicted octanol–water partition coefficient (Wildman–Crippen LogP) is 3.10. The van der Waals surface area contributed by atoms with Gasteiger partial charge in [0.2, 0.25) is 0 Å². The summed E-state index contributed by atoms with van der Waals surface area (Å²) < 4.78 is 1.82. The molecule has 102 valence electrons. The Morgan fingerprint density at radius 2 is 2.00 bits per heavy atom. The summed E-state index contributed by atoms with van der Waals surface area (Å²) in [5, 5.41) is 8.96. The van der Waals surface area contributed by atoms with Gasteiger partial charge in [-0.2, -0.15) is 5.10 Å². The van der Waals surface area contributed by atoms with Gasteiger partial charge in [0.1, 0.15) is 0 Å². The Labute approximate surface area is 123 Å². The monoisotopic (exact) mass is 297 g/mol. The van der Waals surface area contributed by atoms with E-state index in [2.05, 4.69) is 10.4 Å². The normalized spacial score (nSPS) is 10.9. The van der Waals surface area contributed by atoms with E-state index in [4.69, 9.17) is 23.2 Å². The predicted molar refractivity (Wildman–Crippen MR) is 79.9 cm³/mol. The average molecular weight is 298 g/mol. The molecule has 0 spiro atoms. The van der Waals surface area contributed by atoms with Gasteiger partial charge in [-0.3, -0.25) is 4.68 Å². The quantitative estimate of drug-likeness (QED) is 0.831. The number of halogens is 2. The number of hydrogen-bond acceptors (Lipinski definition) is 2. The van der Waals surface area contributed by atoms with Gasteiger partial charge in [-0.15, -0.1) is 0 Å². The number of aryl methyl sites for hydroxylation is 1. The maximum atomic E-state index is 6.12. The molecule has 1 aromatic carbocycles. The van der Waals surface area contributed by atoms with E-state index in [9.17, 15) is 0 Å². The molecular weight excluding hydrogens is 281 g/mol. The Hall–Kier alpha value is -1.03. The Bertz CT molecular complexity index is 537. The number of nitrogens with one attached hydrogen (secondary N) is 1. The third-order valence-corrected chi connectivity index (χ3v) is 3.52. The van der Waals surface area contributed by atoms with Crippen LogP contribution in [-0.4, -0.2) is 22.9 Å². The van der Waals surface area contributed by atoms with E-state index in [-0.39, 0.29) is 0 Å². The number of aromatic nitrogens is 2. The van der Waals surface area contributed by atoms with E-state index in [1.54, 1.807) is 6.07 Å². The van der Waals surface area contributed by atoms with Gasteiger partial charge in [0.15, 0.2) is 0 Å². The smallest absolute Gasteiger partial charge is 0.0522 e. The van der Waals surface area contributed by atoms with Crippen molar-refractivity contribution in [3.63, 3.8) is 0 Å². The topological polar surface area (TPSA) is 29.9 Å². The average Bonchev–Trinajstić information content (AvgIpc) is 2.77. The molecule has 0 radical (unpaired) electrons. The summed E-state index contributed by atoms with van der Waals surface area (Å²) in [6.07, 6.45) is 5.83. The molecule has 0 aliphatic heterocycles. The molecule has 0 saturated carbocycles. The molecule has 2 rings (SSSR count). The van der Waals surface area contributed by atoms with E-state index in [0.717, 1.165) is 36.5 Å². The van der Waals surface area contributed by atoms with Crippen molar-refractivity contribution in [1.82, 2.24) is 15.1 Å². The highest BCUT2D eigenvalue weighted by atomic mass is 35.5. The number of nitrogens with zero attached hydrogens (tertiary/aromatic N) is 2. The molecule has 0 amide bonds. The van der Waals surface area contributed by atoms with Crippen LogP contribution in [0.15, 0.2) is 30.6 Å². The molecule has 1 aromatic heterocycles. The molecule has 2 aromatic rings. The molecule has 0 aliphatic rings. The number of rotatable bonds is 6. The van der Waals surface area contributed by atoms with Crippen molar-refractivity contribution in [2.75, 3.05) is 13.1 Å². The minimum absolute atomic E-state index is 0.679. The molecule has 0 fully saturated rings. The highest BCUT2D eigenvalue weighted by molar-refractivity contribution is 6.35. The van der Waals surface area contributed by atoms with Crippen molar-refractivity contribution < 1.29 is 0 Å². The lowest BCUT2D eigenvalue weighted by atomic mass is 10.1. The Kier molecular flexibility index (Phi) is 5.25. The molecule has 0 saturated heterocycles. The fourth-order valence-corrected chi connectivity index (χ4v) is 2.41. The number of hydrogen-bond donors (Lipinski definition) is 1. The SMILES string of the molecule is Cn1cc(CCNCCc2ccc(Cl)cc2Cl)cn1. The molecule has 0 unspecified atom stereocenters. The molecule has 3 nitrogen and oxygen atoms in total. The van der Waals surface area contributed by atoms with Crippen LogP contribution in [0, 0.1) is 0 Å². The van der Waals surface area contributed by atoms with Crippen LogP contribution in [0.5, 0.6) is 0 Å². The van der Waals surface area contributed by atoms with Crippen LogP contribution in [0.1, 0.15) is 11.1 Å². The molecule has 0 atom stereocenters. The van der Waals surface area contributed by atoms with E-state index in [1.165, 1.54) is 5.56 Å². The van der Waals surface area contributed by atoms with Crippen LogP contribution in [0.25, 0.3) is 0 Å². The first-order valence-electron chi connectivity index (χ1n) is 6.27. The molecule has 1 heterocycles. The maximum absolute atomic E-state index is 6.12. The zero-order valence-electron chi connectivity index (χ0n) is 10.9. The van der Waals surface area contributed by atoms with Gasteiger partial charge < -0.3 is 5.32 Å². The van der Waals surface area contributed by atoms with Gasteiger partial charge in [0.05, 0.1) is 6.20 Å². The zero-order valence-corrected chi connectivity index (χ0v) is 12.4. The molecular formula is C14H17Cl2N3. The fraction of sp³-hybridized carbons (Fsp3) is 0.357. The first-order chi connectivity index (χ1) is 9.15. The summed E-state index contributed by atoms with van der Waals surface area (Å²) >= 11 is 12.0. The maximum Gasteiger partial charge on any atom is 0.0522 e. The minimum atomic E-state index is 0.679. The summed E-state index contributed by atoms with van der Waals surface area (Å²) in [6.45, 7) is 1.85. The zero-order chi connectivity index (χ0) is 13.7. The second-order valence-electron chi connectivity index (χ2n) is 4.51. The second kappa shape index (κ2) is 6.94. The first-order valence-corrected chi connectivity index (χ1v) is 7.03. The van der Waals surface area contributed by atoms with Crippen molar-refractivity contribution in [2.24, 2.45) is 7.05 Å². The lowest BCUT2D eigenvalue weighted by molar-refractivity contribution is 0.681. The first kappa shape index (κ1) is 14.4. The number of benzene rings is 1. The van der Waals surface area contributed by atoms with Crippen LogP contribution in [0.2, 0.25) is 10.0 Å². The summed E-state index contributed by atoms with van der Waals surface area (Å²) in [7, 11) is 1.93. The minimum Gasteiger partial charge on any atom is -0.316 e. The molecule has 19 heavy (non-hydrogen) atoms. The third kappa shape index (κ3) is 4.53. The van der Waals surface area contributed by atoms with Crippen molar-refractivity contribution in [2.45, 2.75) is 12.8 Å². The standard InChI is InChI=1S/C14H17Cl2N3/c1-19-10-11(9-18-19)4-6-17-7-5-12-2-3-13(15)8-14(12)16/h2-3,8-10,17H,4-7H2,1H3. The van der Waals surface area contributed by atoms with Crippen molar-refractivity contribution in [1.29, 1.82) is 0 Å². The lowest BCUT2D eigenvalue weighted by Gasteiger charge is -2.06. The molecule has 1 N–H and O–H groups in total. The van der Waals surface area contributed by atoms with Gasteiger partial charge in [-0.25, -0.2) is 0 Å². The Morgan fingerprint density at radius 1 is 1.21 bits per heavy atom. The molecule has 0 bridgehead atoms. The molecule has 0 aliphatic carbocycles.